The molecule has 0 saturated carbocycles. The van der Waals surface area contributed by atoms with E-state index in [1.165, 1.54) is 29.7 Å². The zero-order valence-electron chi connectivity index (χ0n) is 10.7. The van der Waals surface area contributed by atoms with Crippen molar-refractivity contribution in [2.45, 2.75) is 0 Å². The maximum Gasteiger partial charge on any atom is 0.335 e. The molecule has 1 amide bonds. The first-order valence-corrected chi connectivity index (χ1v) is 6.94. The number of rotatable bonds is 3. The Morgan fingerprint density at radius 3 is 2.71 bits per heavy atom. The quantitative estimate of drug-likeness (QED) is 0.778. The predicted molar refractivity (Wildman–Crippen MR) is 81.0 cm³/mol. The van der Waals surface area contributed by atoms with Gasteiger partial charge in [0.1, 0.15) is 5.82 Å². The van der Waals surface area contributed by atoms with Crippen LogP contribution in [0.2, 0.25) is 0 Å². The second kappa shape index (κ2) is 5.34. The summed E-state index contributed by atoms with van der Waals surface area (Å²) in [6, 6.07) is 12.2. The van der Waals surface area contributed by atoms with E-state index in [1.807, 2.05) is 24.3 Å². The van der Waals surface area contributed by atoms with Crippen LogP contribution in [-0.4, -0.2) is 22.0 Å². The first-order chi connectivity index (χ1) is 10.1. The number of aromatic nitrogens is 1. The smallest absolute Gasteiger partial charge is 0.335 e. The number of aromatic carboxylic acids is 1. The van der Waals surface area contributed by atoms with E-state index in [0.717, 1.165) is 10.1 Å². The van der Waals surface area contributed by atoms with E-state index in [9.17, 15) is 9.59 Å². The summed E-state index contributed by atoms with van der Waals surface area (Å²) in [7, 11) is 0. The third-order valence-electron chi connectivity index (χ3n) is 2.90. The van der Waals surface area contributed by atoms with Gasteiger partial charge in [0.2, 0.25) is 0 Å². The van der Waals surface area contributed by atoms with Gasteiger partial charge in [0, 0.05) is 10.9 Å². The maximum atomic E-state index is 12.2. The Morgan fingerprint density at radius 1 is 1.14 bits per heavy atom. The molecule has 0 aliphatic carbocycles. The SMILES string of the molecule is O=C(O)c1ccnc(NC(=O)c2cc3ccccc3s2)c1. The molecule has 2 N–H and O–H groups in total. The lowest BCUT2D eigenvalue weighted by Crippen LogP contribution is -2.12. The minimum absolute atomic E-state index is 0.0802. The van der Waals surface area contributed by atoms with Gasteiger partial charge in [0.15, 0.2) is 0 Å². The van der Waals surface area contributed by atoms with Gasteiger partial charge in [-0.3, -0.25) is 4.79 Å². The average molecular weight is 298 g/mol. The summed E-state index contributed by atoms with van der Waals surface area (Å²) >= 11 is 1.38. The molecule has 2 heterocycles. The van der Waals surface area contributed by atoms with Gasteiger partial charge in [-0.25, -0.2) is 9.78 Å². The molecule has 0 radical (unpaired) electrons. The van der Waals surface area contributed by atoms with Crippen molar-refractivity contribution in [2.24, 2.45) is 0 Å². The van der Waals surface area contributed by atoms with Gasteiger partial charge in [-0.15, -0.1) is 11.3 Å². The number of thiophene rings is 1. The molecule has 5 nitrogen and oxygen atoms in total. The molecule has 2 aromatic heterocycles. The summed E-state index contributed by atoms with van der Waals surface area (Å²) in [5, 5.41) is 12.5. The lowest BCUT2D eigenvalue weighted by atomic mass is 10.2. The third kappa shape index (κ3) is 2.75. The highest BCUT2D eigenvalue weighted by molar-refractivity contribution is 7.20. The summed E-state index contributed by atoms with van der Waals surface area (Å²) in [4.78, 5) is 27.6. The van der Waals surface area contributed by atoms with Crippen LogP contribution in [0.15, 0.2) is 48.7 Å². The van der Waals surface area contributed by atoms with E-state index >= 15 is 0 Å². The third-order valence-corrected chi connectivity index (χ3v) is 4.01. The van der Waals surface area contributed by atoms with Crippen LogP contribution < -0.4 is 5.32 Å². The molecular weight excluding hydrogens is 288 g/mol. The van der Waals surface area contributed by atoms with Gasteiger partial charge in [-0.05, 0) is 29.7 Å². The second-order valence-electron chi connectivity index (χ2n) is 4.34. The van der Waals surface area contributed by atoms with Crippen LogP contribution in [0.4, 0.5) is 5.82 Å². The van der Waals surface area contributed by atoms with Gasteiger partial charge in [-0.2, -0.15) is 0 Å². The number of carbonyl (C=O) groups is 2. The number of anilines is 1. The van der Waals surface area contributed by atoms with Gasteiger partial charge < -0.3 is 10.4 Å². The summed E-state index contributed by atoms with van der Waals surface area (Å²) in [5.74, 6) is -1.14. The standard InChI is InChI=1S/C15H10N2O3S/c18-14(12-7-9-3-1-2-4-11(9)21-12)17-13-8-10(15(19)20)5-6-16-13/h1-8H,(H,19,20)(H,16,17,18). The van der Waals surface area contributed by atoms with Crippen LogP contribution >= 0.6 is 11.3 Å². The molecule has 0 aliphatic heterocycles. The molecule has 104 valence electrons. The maximum absolute atomic E-state index is 12.2. The first kappa shape index (κ1) is 13.3. The summed E-state index contributed by atoms with van der Waals surface area (Å²) in [6.45, 7) is 0. The fraction of sp³-hybridized carbons (Fsp3) is 0. The Morgan fingerprint density at radius 2 is 1.95 bits per heavy atom. The minimum Gasteiger partial charge on any atom is -0.478 e. The number of carboxylic acid groups (broad SMARTS) is 1. The molecule has 0 saturated heterocycles. The van der Waals surface area contributed by atoms with Crippen LogP contribution in [0.5, 0.6) is 0 Å². The molecule has 0 aliphatic rings. The Hall–Kier alpha value is -2.73. The molecule has 3 aromatic rings. The van der Waals surface area contributed by atoms with Crippen molar-refractivity contribution in [1.82, 2.24) is 4.98 Å². The van der Waals surface area contributed by atoms with Crippen molar-refractivity contribution < 1.29 is 14.7 Å². The molecule has 21 heavy (non-hydrogen) atoms. The molecule has 0 unspecified atom stereocenters. The lowest BCUT2D eigenvalue weighted by Gasteiger charge is -2.03. The van der Waals surface area contributed by atoms with Crippen molar-refractivity contribution in [3.05, 3.63) is 59.1 Å². The monoisotopic (exact) mass is 298 g/mol. The number of nitrogens with one attached hydrogen (secondary N) is 1. The largest absolute Gasteiger partial charge is 0.478 e. The Balaban J connectivity index is 1.85. The van der Waals surface area contributed by atoms with E-state index < -0.39 is 5.97 Å². The van der Waals surface area contributed by atoms with Gasteiger partial charge >= 0.3 is 5.97 Å². The summed E-state index contributed by atoms with van der Waals surface area (Å²) in [6.07, 6.45) is 1.35. The molecule has 0 fully saturated rings. The molecule has 0 spiro atoms. The minimum atomic E-state index is -1.06. The second-order valence-corrected chi connectivity index (χ2v) is 5.42. The molecule has 0 bridgehead atoms. The van der Waals surface area contributed by atoms with E-state index in [1.54, 1.807) is 6.07 Å². The fourth-order valence-corrected chi connectivity index (χ4v) is 2.86. The topological polar surface area (TPSA) is 79.3 Å². The number of hydrogen-bond acceptors (Lipinski definition) is 4. The molecule has 1 aromatic carbocycles. The summed E-state index contributed by atoms with van der Waals surface area (Å²) in [5.41, 5.74) is 0.0802. The normalized spacial score (nSPS) is 10.5. The first-order valence-electron chi connectivity index (χ1n) is 6.13. The lowest BCUT2D eigenvalue weighted by molar-refractivity contribution is 0.0696. The van der Waals surface area contributed by atoms with Crippen molar-refractivity contribution in [3.8, 4) is 0 Å². The molecule has 3 rings (SSSR count). The summed E-state index contributed by atoms with van der Waals surface area (Å²) < 4.78 is 1.02. The molecule has 0 atom stereocenters. The van der Waals surface area contributed by atoms with Crippen LogP contribution in [0.3, 0.4) is 0 Å². The number of carbonyl (C=O) groups excluding carboxylic acids is 1. The highest BCUT2D eigenvalue weighted by atomic mass is 32.1. The zero-order chi connectivity index (χ0) is 14.8. The van der Waals surface area contributed by atoms with Crippen molar-refractivity contribution >= 4 is 39.1 Å². The number of pyridine rings is 1. The average Bonchev–Trinajstić information content (AvgIpc) is 2.91. The number of benzene rings is 1. The van der Waals surface area contributed by atoms with Crippen molar-refractivity contribution in [1.29, 1.82) is 0 Å². The number of carboxylic acids is 1. The van der Waals surface area contributed by atoms with Crippen LogP contribution in [-0.2, 0) is 0 Å². The molecule has 6 heteroatoms. The number of amides is 1. The number of nitrogens with zero attached hydrogens (tertiary/aromatic N) is 1. The van der Waals surface area contributed by atoms with Crippen LogP contribution in [0.1, 0.15) is 20.0 Å². The fourth-order valence-electron chi connectivity index (χ4n) is 1.90. The van der Waals surface area contributed by atoms with E-state index in [4.69, 9.17) is 5.11 Å². The van der Waals surface area contributed by atoms with E-state index in [-0.39, 0.29) is 17.3 Å². The van der Waals surface area contributed by atoms with Crippen LogP contribution in [0, 0.1) is 0 Å². The Labute approximate surface area is 123 Å². The van der Waals surface area contributed by atoms with Gasteiger partial charge in [0.05, 0.1) is 10.4 Å². The highest BCUT2D eigenvalue weighted by Crippen LogP contribution is 2.25. The van der Waals surface area contributed by atoms with E-state index in [2.05, 4.69) is 10.3 Å². The predicted octanol–water partition coefficient (Wildman–Crippen LogP) is 3.25. The highest BCUT2D eigenvalue weighted by Gasteiger charge is 2.12. The van der Waals surface area contributed by atoms with Crippen LogP contribution in [0.25, 0.3) is 10.1 Å². The Bertz CT molecular complexity index is 809. The Kier molecular flexibility index (Phi) is 3.37. The van der Waals surface area contributed by atoms with Crippen molar-refractivity contribution in [3.63, 3.8) is 0 Å². The van der Waals surface area contributed by atoms with Gasteiger partial charge in [0.25, 0.3) is 5.91 Å². The van der Waals surface area contributed by atoms with E-state index in [0.29, 0.717) is 4.88 Å². The number of fused-ring (bicyclic) bond motifs is 1. The van der Waals surface area contributed by atoms with Gasteiger partial charge in [-0.1, -0.05) is 18.2 Å². The zero-order valence-corrected chi connectivity index (χ0v) is 11.6. The molecular formula is C15H10N2O3S. The number of hydrogen-bond donors (Lipinski definition) is 2. The van der Waals surface area contributed by atoms with Crippen molar-refractivity contribution in [2.75, 3.05) is 5.32 Å².